The molecule has 0 saturated carbocycles. The minimum Gasteiger partial charge on any atom is -0.354 e. The predicted molar refractivity (Wildman–Crippen MR) is 127 cm³/mol. The van der Waals surface area contributed by atoms with Gasteiger partial charge in [0, 0.05) is 30.2 Å². The van der Waals surface area contributed by atoms with E-state index in [1.807, 2.05) is 33.2 Å². The molecule has 2 aromatic heterocycles. The highest BCUT2D eigenvalue weighted by Gasteiger charge is 2.16. The summed E-state index contributed by atoms with van der Waals surface area (Å²) < 4.78 is 0. The molecule has 0 aliphatic carbocycles. The average Bonchev–Trinajstić information content (AvgIpc) is 2.71. The Bertz CT molecular complexity index is 1040. The molecular weight excluding hydrogens is 390 g/mol. The van der Waals surface area contributed by atoms with Gasteiger partial charge in [0.2, 0.25) is 5.95 Å². The van der Waals surface area contributed by atoms with Gasteiger partial charge in [0.1, 0.15) is 5.82 Å². The SMILES string of the molecule is CCNC(=O)Nc1nc2nc(NCCCN(C)C)ncc2cc1-c1c(C)cccc1C. The van der Waals surface area contributed by atoms with E-state index in [0.29, 0.717) is 24.0 Å². The number of aromatic nitrogens is 3. The van der Waals surface area contributed by atoms with Gasteiger partial charge in [-0.15, -0.1) is 0 Å². The van der Waals surface area contributed by atoms with E-state index >= 15 is 0 Å². The van der Waals surface area contributed by atoms with E-state index in [9.17, 15) is 4.79 Å². The van der Waals surface area contributed by atoms with E-state index in [1.54, 1.807) is 6.20 Å². The normalized spacial score (nSPS) is 11.0. The van der Waals surface area contributed by atoms with Crippen molar-refractivity contribution in [2.75, 3.05) is 44.4 Å². The zero-order valence-electron chi connectivity index (χ0n) is 18.9. The minimum atomic E-state index is -0.294. The predicted octanol–water partition coefficient (Wildman–Crippen LogP) is 3.81. The van der Waals surface area contributed by atoms with Gasteiger partial charge in [0.05, 0.1) is 0 Å². The van der Waals surface area contributed by atoms with Crippen LogP contribution in [0.2, 0.25) is 0 Å². The third-order valence-corrected chi connectivity index (χ3v) is 4.95. The van der Waals surface area contributed by atoms with Crippen molar-refractivity contribution < 1.29 is 4.79 Å². The first-order valence-corrected chi connectivity index (χ1v) is 10.6. The molecule has 8 nitrogen and oxygen atoms in total. The highest BCUT2D eigenvalue weighted by atomic mass is 16.2. The lowest BCUT2D eigenvalue weighted by Crippen LogP contribution is -2.29. The van der Waals surface area contributed by atoms with Gasteiger partial charge >= 0.3 is 6.03 Å². The topological polar surface area (TPSA) is 95.1 Å². The number of pyridine rings is 1. The standard InChI is InChI=1S/C23H31N7O/c1-6-24-23(31)29-21-18(19-15(2)9-7-10-16(19)3)13-17-14-26-22(28-20(17)27-21)25-11-8-12-30(4)5/h7,9-10,13-14H,6,8,11-12H2,1-5H3,(H3,24,25,26,27,28,29,31). The number of amides is 2. The summed E-state index contributed by atoms with van der Waals surface area (Å²) >= 11 is 0. The number of hydrogen-bond acceptors (Lipinski definition) is 6. The van der Waals surface area contributed by atoms with Gasteiger partial charge in [-0.1, -0.05) is 18.2 Å². The Morgan fingerprint density at radius 3 is 2.55 bits per heavy atom. The van der Waals surface area contributed by atoms with Crippen LogP contribution in [0.15, 0.2) is 30.5 Å². The molecule has 0 aliphatic rings. The van der Waals surface area contributed by atoms with Crippen molar-refractivity contribution in [2.24, 2.45) is 0 Å². The summed E-state index contributed by atoms with van der Waals surface area (Å²) in [5.41, 5.74) is 4.66. The summed E-state index contributed by atoms with van der Waals surface area (Å²) in [5.74, 6) is 1.01. The molecule has 8 heteroatoms. The summed E-state index contributed by atoms with van der Waals surface area (Å²) in [7, 11) is 4.10. The number of aryl methyl sites for hydroxylation is 2. The smallest absolute Gasteiger partial charge is 0.320 e. The fourth-order valence-electron chi connectivity index (χ4n) is 3.48. The number of benzene rings is 1. The maximum Gasteiger partial charge on any atom is 0.320 e. The van der Waals surface area contributed by atoms with E-state index in [-0.39, 0.29) is 6.03 Å². The highest BCUT2D eigenvalue weighted by Crippen LogP contribution is 2.34. The number of hydrogen-bond donors (Lipinski definition) is 3. The zero-order valence-corrected chi connectivity index (χ0v) is 18.9. The molecular formula is C23H31N7O. The quantitative estimate of drug-likeness (QED) is 0.479. The van der Waals surface area contributed by atoms with Crippen LogP contribution in [-0.4, -0.2) is 59.6 Å². The number of nitrogens with one attached hydrogen (secondary N) is 3. The fraction of sp³-hybridized carbons (Fsp3) is 0.391. The van der Waals surface area contributed by atoms with Gasteiger partial charge in [-0.05, 0) is 70.6 Å². The summed E-state index contributed by atoms with van der Waals surface area (Å²) in [6, 6.07) is 7.84. The Morgan fingerprint density at radius 1 is 1.13 bits per heavy atom. The summed E-state index contributed by atoms with van der Waals surface area (Å²) in [4.78, 5) is 28.1. The van der Waals surface area contributed by atoms with E-state index < -0.39 is 0 Å². The molecule has 0 fully saturated rings. The van der Waals surface area contributed by atoms with Gasteiger partial charge in [-0.3, -0.25) is 5.32 Å². The monoisotopic (exact) mass is 421 g/mol. The molecule has 0 aliphatic heterocycles. The van der Waals surface area contributed by atoms with Crippen LogP contribution in [0.1, 0.15) is 24.5 Å². The molecule has 164 valence electrons. The fourth-order valence-corrected chi connectivity index (χ4v) is 3.48. The van der Waals surface area contributed by atoms with Gasteiger partial charge in [-0.2, -0.15) is 4.98 Å². The Kier molecular flexibility index (Phi) is 7.36. The molecule has 3 rings (SSSR count). The molecule has 0 bridgehead atoms. The third kappa shape index (κ3) is 5.67. The first-order chi connectivity index (χ1) is 14.9. The average molecular weight is 422 g/mol. The second-order valence-corrected chi connectivity index (χ2v) is 7.83. The Hall–Kier alpha value is -3.26. The number of fused-ring (bicyclic) bond motifs is 1. The molecule has 2 amide bonds. The van der Waals surface area contributed by atoms with Crippen LogP contribution in [0.3, 0.4) is 0 Å². The molecule has 31 heavy (non-hydrogen) atoms. The van der Waals surface area contributed by atoms with Gasteiger partial charge in [0.15, 0.2) is 5.65 Å². The number of urea groups is 1. The van der Waals surface area contributed by atoms with Crippen LogP contribution in [-0.2, 0) is 0 Å². The molecule has 1 aromatic carbocycles. The molecule has 3 N–H and O–H groups in total. The second-order valence-electron chi connectivity index (χ2n) is 7.83. The van der Waals surface area contributed by atoms with Gasteiger partial charge < -0.3 is 15.5 Å². The molecule has 0 saturated heterocycles. The minimum absolute atomic E-state index is 0.294. The molecule has 0 radical (unpaired) electrons. The summed E-state index contributed by atoms with van der Waals surface area (Å²) in [6.45, 7) is 8.27. The Morgan fingerprint density at radius 2 is 1.87 bits per heavy atom. The maximum absolute atomic E-state index is 12.3. The number of anilines is 2. The van der Waals surface area contributed by atoms with Crippen molar-refractivity contribution in [1.82, 2.24) is 25.2 Å². The zero-order chi connectivity index (χ0) is 22.4. The summed E-state index contributed by atoms with van der Waals surface area (Å²) in [5, 5.41) is 9.73. The number of carbonyl (C=O) groups excluding carboxylic acids is 1. The first-order valence-electron chi connectivity index (χ1n) is 10.6. The van der Waals surface area contributed by atoms with Crippen molar-refractivity contribution in [3.05, 3.63) is 41.6 Å². The van der Waals surface area contributed by atoms with Crippen molar-refractivity contribution >= 4 is 28.8 Å². The number of carbonyl (C=O) groups is 1. The van der Waals surface area contributed by atoms with Crippen LogP contribution in [0.25, 0.3) is 22.2 Å². The third-order valence-electron chi connectivity index (χ3n) is 4.95. The van der Waals surface area contributed by atoms with E-state index in [2.05, 4.69) is 56.8 Å². The largest absolute Gasteiger partial charge is 0.354 e. The number of rotatable bonds is 8. The van der Waals surface area contributed by atoms with E-state index in [1.165, 1.54) is 0 Å². The Balaban J connectivity index is 2.00. The van der Waals surface area contributed by atoms with Crippen molar-refractivity contribution in [1.29, 1.82) is 0 Å². The molecule has 0 atom stereocenters. The van der Waals surface area contributed by atoms with Gasteiger partial charge in [-0.25, -0.2) is 14.8 Å². The lowest BCUT2D eigenvalue weighted by molar-refractivity contribution is 0.252. The first kappa shape index (κ1) is 22.4. The van der Waals surface area contributed by atoms with Crippen molar-refractivity contribution in [3.63, 3.8) is 0 Å². The Labute approximate surface area is 183 Å². The lowest BCUT2D eigenvalue weighted by Gasteiger charge is -2.16. The maximum atomic E-state index is 12.3. The molecule has 3 aromatic rings. The van der Waals surface area contributed by atoms with Crippen LogP contribution in [0.4, 0.5) is 16.6 Å². The van der Waals surface area contributed by atoms with Crippen LogP contribution < -0.4 is 16.0 Å². The van der Waals surface area contributed by atoms with Crippen LogP contribution in [0.5, 0.6) is 0 Å². The molecule has 2 heterocycles. The lowest BCUT2D eigenvalue weighted by atomic mass is 9.95. The molecule has 0 unspecified atom stereocenters. The highest BCUT2D eigenvalue weighted by molar-refractivity contribution is 5.97. The van der Waals surface area contributed by atoms with Crippen molar-refractivity contribution in [3.8, 4) is 11.1 Å². The van der Waals surface area contributed by atoms with Crippen molar-refractivity contribution in [2.45, 2.75) is 27.2 Å². The number of nitrogens with zero attached hydrogens (tertiary/aromatic N) is 4. The molecule has 0 spiro atoms. The second kappa shape index (κ2) is 10.2. The van der Waals surface area contributed by atoms with E-state index in [4.69, 9.17) is 4.98 Å². The van der Waals surface area contributed by atoms with Crippen LogP contribution >= 0.6 is 0 Å². The van der Waals surface area contributed by atoms with E-state index in [0.717, 1.165) is 47.2 Å². The summed E-state index contributed by atoms with van der Waals surface area (Å²) in [6.07, 6.45) is 2.76. The van der Waals surface area contributed by atoms with Gasteiger partial charge in [0.25, 0.3) is 0 Å². The van der Waals surface area contributed by atoms with Crippen LogP contribution in [0, 0.1) is 13.8 Å².